The molecule has 4 nitrogen and oxygen atoms in total. The van der Waals surface area contributed by atoms with Crippen LogP contribution in [0.15, 0.2) is 53.1 Å². The summed E-state index contributed by atoms with van der Waals surface area (Å²) < 4.78 is 5.20. The van der Waals surface area contributed by atoms with E-state index >= 15 is 0 Å². The minimum absolute atomic E-state index is 0.0558. The Morgan fingerprint density at radius 3 is 2.63 bits per heavy atom. The molecular formula is C15H18N2O2. The fraction of sp³-hybridized carbons (Fsp3) is 0.267. The molecule has 1 amide bonds. The van der Waals surface area contributed by atoms with Crippen LogP contribution in [-0.4, -0.2) is 19.0 Å². The maximum Gasteiger partial charge on any atom is 0.240 e. The molecule has 1 aromatic heterocycles. The van der Waals surface area contributed by atoms with Crippen molar-refractivity contribution in [2.75, 3.05) is 18.0 Å². The summed E-state index contributed by atoms with van der Waals surface area (Å²) in [6, 6.07) is 13.4. The van der Waals surface area contributed by atoms with Gasteiger partial charge in [-0.25, -0.2) is 0 Å². The zero-order valence-corrected chi connectivity index (χ0v) is 11.0. The minimum Gasteiger partial charge on any atom is -0.468 e. The van der Waals surface area contributed by atoms with Crippen molar-refractivity contribution in [3.05, 3.63) is 54.5 Å². The number of anilines is 1. The quantitative estimate of drug-likeness (QED) is 0.865. The Balaban J connectivity index is 1.87. The molecule has 0 saturated carbocycles. The van der Waals surface area contributed by atoms with Gasteiger partial charge < -0.3 is 14.6 Å². The van der Waals surface area contributed by atoms with E-state index in [4.69, 9.17) is 4.42 Å². The van der Waals surface area contributed by atoms with E-state index in [9.17, 15) is 4.79 Å². The molecule has 0 spiro atoms. The third-order valence-electron chi connectivity index (χ3n) is 2.84. The summed E-state index contributed by atoms with van der Waals surface area (Å²) in [5, 5.41) is 3.09. The molecule has 0 aliphatic heterocycles. The van der Waals surface area contributed by atoms with Gasteiger partial charge in [-0.15, -0.1) is 0 Å². The van der Waals surface area contributed by atoms with Crippen LogP contribution in [0.3, 0.4) is 0 Å². The molecule has 1 aromatic carbocycles. The van der Waals surface area contributed by atoms with Crippen LogP contribution < -0.4 is 10.2 Å². The Morgan fingerprint density at radius 2 is 2.00 bits per heavy atom. The van der Waals surface area contributed by atoms with E-state index in [0.29, 0.717) is 19.6 Å². The van der Waals surface area contributed by atoms with Gasteiger partial charge in [-0.2, -0.15) is 0 Å². The predicted octanol–water partition coefficient (Wildman–Crippen LogP) is 2.42. The molecule has 100 valence electrons. The molecule has 0 aliphatic rings. The number of hydrogen-bond donors (Lipinski definition) is 1. The number of amides is 1. The predicted molar refractivity (Wildman–Crippen MR) is 74.9 cm³/mol. The molecule has 0 bridgehead atoms. The lowest BCUT2D eigenvalue weighted by atomic mass is 10.3. The molecule has 1 N–H and O–H groups in total. The fourth-order valence-electron chi connectivity index (χ4n) is 1.91. The molecule has 0 saturated heterocycles. The van der Waals surface area contributed by atoms with Crippen LogP contribution in [0.25, 0.3) is 0 Å². The number of furan rings is 1. The lowest BCUT2D eigenvalue weighted by Gasteiger charge is -2.21. The van der Waals surface area contributed by atoms with Gasteiger partial charge in [-0.3, -0.25) is 4.79 Å². The molecule has 0 aliphatic carbocycles. The number of rotatable bonds is 6. The van der Waals surface area contributed by atoms with Crippen LogP contribution >= 0.6 is 0 Å². The first-order valence-electron chi connectivity index (χ1n) is 6.39. The molecule has 0 atom stereocenters. The average molecular weight is 258 g/mol. The zero-order chi connectivity index (χ0) is 13.5. The summed E-state index contributed by atoms with van der Waals surface area (Å²) in [7, 11) is 0. The number of hydrogen-bond acceptors (Lipinski definition) is 3. The Hall–Kier alpha value is -2.07. The number of para-hydroxylation sites is 1. The first-order chi connectivity index (χ1) is 9.31. The fourth-order valence-corrected chi connectivity index (χ4v) is 1.91. The van der Waals surface area contributed by atoms with Gasteiger partial charge in [0.1, 0.15) is 5.76 Å². The summed E-state index contributed by atoms with van der Waals surface area (Å²) in [4.78, 5) is 13.9. The molecule has 1 heterocycles. The number of carbonyl (C=O) groups excluding carboxylic acids is 1. The van der Waals surface area contributed by atoms with Crippen LogP contribution in [0.4, 0.5) is 5.69 Å². The van der Waals surface area contributed by atoms with Gasteiger partial charge >= 0.3 is 0 Å². The number of nitrogens with zero attached hydrogens (tertiary/aromatic N) is 1. The topological polar surface area (TPSA) is 45.5 Å². The van der Waals surface area contributed by atoms with Crippen molar-refractivity contribution in [3.63, 3.8) is 0 Å². The van der Waals surface area contributed by atoms with Crippen molar-refractivity contribution < 1.29 is 9.21 Å². The maximum absolute atomic E-state index is 12.1. The highest BCUT2D eigenvalue weighted by atomic mass is 16.3. The van der Waals surface area contributed by atoms with E-state index in [-0.39, 0.29) is 5.91 Å². The van der Waals surface area contributed by atoms with Gasteiger partial charge in [0, 0.05) is 12.2 Å². The second-order valence-electron chi connectivity index (χ2n) is 4.16. The highest BCUT2D eigenvalue weighted by molar-refractivity contribution is 5.94. The summed E-state index contributed by atoms with van der Waals surface area (Å²) in [6.07, 6.45) is 1.63. The highest BCUT2D eigenvalue weighted by Gasteiger charge is 2.12. The third-order valence-corrected chi connectivity index (χ3v) is 2.84. The molecule has 4 heteroatoms. The summed E-state index contributed by atoms with van der Waals surface area (Å²) >= 11 is 0. The minimum atomic E-state index is 0.0558. The molecular weight excluding hydrogens is 240 g/mol. The summed E-state index contributed by atoms with van der Waals surface area (Å²) in [5.41, 5.74) is 0.926. The van der Waals surface area contributed by atoms with Crippen LogP contribution in [0.2, 0.25) is 0 Å². The van der Waals surface area contributed by atoms with Crippen LogP contribution in [0.1, 0.15) is 12.7 Å². The van der Waals surface area contributed by atoms with Crippen molar-refractivity contribution in [2.24, 2.45) is 0 Å². The van der Waals surface area contributed by atoms with E-state index in [0.717, 1.165) is 11.4 Å². The molecule has 19 heavy (non-hydrogen) atoms. The zero-order valence-electron chi connectivity index (χ0n) is 11.0. The summed E-state index contributed by atoms with van der Waals surface area (Å²) in [5.74, 6) is 0.885. The van der Waals surface area contributed by atoms with Gasteiger partial charge in [0.25, 0.3) is 0 Å². The first kappa shape index (κ1) is 13.4. The molecule has 0 unspecified atom stereocenters. The maximum atomic E-state index is 12.1. The van der Waals surface area contributed by atoms with Crippen LogP contribution in [-0.2, 0) is 11.3 Å². The SMILES string of the molecule is CCN(C(=O)CNCc1ccco1)c1ccccc1. The normalized spacial score (nSPS) is 10.4. The molecule has 2 aromatic rings. The Morgan fingerprint density at radius 1 is 1.21 bits per heavy atom. The van der Waals surface area contributed by atoms with Crippen molar-refractivity contribution in [1.82, 2.24) is 5.32 Å². The lowest BCUT2D eigenvalue weighted by Crippen LogP contribution is -2.37. The third kappa shape index (κ3) is 3.69. The smallest absolute Gasteiger partial charge is 0.240 e. The highest BCUT2D eigenvalue weighted by Crippen LogP contribution is 2.12. The first-order valence-corrected chi connectivity index (χ1v) is 6.39. The van der Waals surface area contributed by atoms with E-state index < -0.39 is 0 Å². The number of likely N-dealkylation sites (N-methyl/N-ethyl adjacent to an activating group) is 1. The Bertz CT molecular complexity index is 494. The largest absolute Gasteiger partial charge is 0.468 e. The van der Waals surface area contributed by atoms with Crippen molar-refractivity contribution >= 4 is 11.6 Å². The molecule has 0 radical (unpaired) electrons. The van der Waals surface area contributed by atoms with Gasteiger partial charge in [0.05, 0.1) is 19.4 Å². The van der Waals surface area contributed by atoms with E-state index in [2.05, 4.69) is 5.32 Å². The second kappa shape index (κ2) is 6.75. The Labute approximate surface area is 113 Å². The van der Waals surface area contributed by atoms with E-state index in [1.165, 1.54) is 0 Å². The van der Waals surface area contributed by atoms with E-state index in [1.54, 1.807) is 11.2 Å². The number of carbonyl (C=O) groups is 1. The monoisotopic (exact) mass is 258 g/mol. The second-order valence-corrected chi connectivity index (χ2v) is 4.16. The van der Waals surface area contributed by atoms with Crippen molar-refractivity contribution in [2.45, 2.75) is 13.5 Å². The van der Waals surface area contributed by atoms with Crippen molar-refractivity contribution in [1.29, 1.82) is 0 Å². The van der Waals surface area contributed by atoms with E-state index in [1.807, 2.05) is 49.4 Å². The van der Waals surface area contributed by atoms with Gasteiger partial charge in [-0.05, 0) is 31.2 Å². The Kier molecular flexibility index (Phi) is 4.75. The lowest BCUT2D eigenvalue weighted by molar-refractivity contribution is -0.117. The number of benzene rings is 1. The summed E-state index contributed by atoms with van der Waals surface area (Å²) in [6.45, 7) is 3.48. The molecule has 2 rings (SSSR count). The standard InChI is InChI=1S/C15H18N2O2/c1-2-17(13-7-4-3-5-8-13)15(18)12-16-11-14-9-6-10-19-14/h3-10,16H,2,11-12H2,1H3. The molecule has 0 fully saturated rings. The van der Waals surface area contributed by atoms with Gasteiger partial charge in [0.15, 0.2) is 0 Å². The van der Waals surface area contributed by atoms with Crippen molar-refractivity contribution in [3.8, 4) is 0 Å². The van der Waals surface area contributed by atoms with Crippen LogP contribution in [0.5, 0.6) is 0 Å². The van der Waals surface area contributed by atoms with Gasteiger partial charge in [0.2, 0.25) is 5.91 Å². The van der Waals surface area contributed by atoms with Gasteiger partial charge in [-0.1, -0.05) is 18.2 Å². The average Bonchev–Trinajstić information content (AvgIpc) is 2.94. The van der Waals surface area contributed by atoms with Crippen LogP contribution in [0, 0.1) is 0 Å². The number of nitrogens with one attached hydrogen (secondary N) is 1.